The lowest BCUT2D eigenvalue weighted by molar-refractivity contribution is 0.474. The molecule has 0 aromatic heterocycles. The summed E-state index contributed by atoms with van der Waals surface area (Å²) < 4.78 is 0. The van der Waals surface area contributed by atoms with Gasteiger partial charge in [0, 0.05) is 0 Å². The first-order valence-electron chi connectivity index (χ1n) is 7.90. The SMILES string of the molecule is Cc1cccc(-c2ccc(-c3ccc(O)cc3/C=C\O)cc2C)c1. The van der Waals surface area contributed by atoms with E-state index in [1.807, 2.05) is 6.07 Å². The van der Waals surface area contributed by atoms with Crippen LogP contribution in [0.15, 0.2) is 66.9 Å². The summed E-state index contributed by atoms with van der Waals surface area (Å²) in [6.45, 7) is 4.19. The Bertz CT molecular complexity index is 908. The normalized spacial score (nSPS) is 11.1. The predicted octanol–water partition coefficient (Wildman–Crippen LogP) is 5.87. The fourth-order valence-electron chi connectivity index (χ4n) is 3.00. The molecule has 0 heterocycles. The third kappa shape index (κ3) is 3.18. The minimum absolute atomic E-state index is 0.181. The molecule has 0 radical (unpaired) electrons. The molecule has 3 aromatic rings. The van der Waals surface area contributed by atoms with Crippen molar-refractivity contribution in [1.29, 1.82) is 0 Å². The maximum atomic E-state index is 9.67. The molecule has 0 aliphatic rings. The van der Waals surface area contributed by atoms with Crippen LogP contribution in [0.2, 0.25) is 0 Å². The summed E-state index contributed by atoms with van der Waals surface area (Å²) in [4.78, 5) is 0. The number of benzene rings is 3. The fraction of sp³-hybridized carbons (Fsp3) is 0.0909. The Balaban J connectivity index is 2.08. The largest absolute Gasteiger partial charge is 0.516 e. The second-order valence-corrected chi connectivity index (χ2v) is 5.99. The summed E-state index contributed by atoms with van der Waals surface area (Å²) in [7, 11) is 0. The van der Waals surface area contributed by atoms with E-state index in [-0.39, 0.29) is 5.75 Å². The molecule has 0 spiro atoms. The average molecular weight is 316 g/mol. The second-order valence-electron chi connectivity index (χ2n) is 5.99. The van der Waals surface area contributed by atoms with E-state index in [4.69, 9.17) is 5.11 Å². The molecule has 0 bridgehead atoms. The Kier molecular flexibility index (Phi) is 4.39. The van der Waals surface area contributed by atoms with Crippen LogP contribution in [0.5, 0.6) is 5.75 Å². The topological polar surface area (TPSA) is 40.5 Å². The zero-order valence-electron chi connectivity index (χ0n) is 13.8. The molecule has 3 rings (SSSR count). The van der Waals surface area contributed by atoms with E-state index in [9.17, 15) is 5.11 Å². The highest BCUT2D eigenvalue weighted by Crippen LogP contribution is 2.32. The molecule has 0 amide bonds. The van der Waals surface area contributed by atoms with Gasteiger partial charge in [0.05, 0.1) is 6.26 Å². The summed E-state index contributed by atoms with van der Waals surface area (Å²) in [5, 5.41) is 18.8. The number of aliphatic hydroxyl groups is 1. The van der Waals surface area contributed by atoms with Gasteiger partial charge in [-0.15, -0.1) is 0 Å². The van der Waals surface area contributed by atoms with Gasteiger partial charge in [-0.3, -0.25) is 0 Å². The molecule has 3 aromatic carbocycles. The van der Waals surface area contributed by atoms with Crippen LogP contribution in [0, 0.1) is 13.8 Å². The summed E-state index contributed by atoms with van der Waals surface area (Å²) in [5.41, 5.74) is 7.64. The minimum Gasteiger partial charge on any atom is -0.516 e. The molecule has 0 atom stereocenters. The van der Waals surface area contributed by atoms with Gasteiger partial charge in [0.25, 0.3) is 0 Å². The van der Waals surface area contributed by atoms with Crippen molar-refractivity contribution < 1.29 is 10.2 Å². The first-order valence-corrected chi connectivity index (χ1v) is 7.90. The van der Waals surface area contributed by atoms with Crippen molar-refractivity contribution in [1.82, 2.24) is 0 Å². The van der Waals surface area contributed by atoms with Gasteiger partial charge in [-0.1, -0.05) is 54.1 Å². The highest BCUT2D eigenvalue weighted by molar-refractivity contribution is 5.79. The van der Waals surface area contributed by atoms with Gasteiger partial charge in [-0.2, -0.15) is 0 Å². The van der Waals surface area contributed by atoms with E-state index in [2.05, 4.69) is 56.3 Å². The molecule has 0 fully saturated rings. The maximum Gasteiger partial charge on any atom is 0.116 e. The Morgan fingerprint density at radius 1 is 0.792 bits per heavy atom. The standard InChI is InChI=1S/C22H20O2/c1-15-4-3-5-17(12-15)21-8-6-18(13-16(21)2)22-9-7-20(24)14-19(22)10-11-23/h3-14,23-24H,1-2H3/b11-10-. The summed E-state index contributed by atoms with van der Waals surface area (Å²) in [6.07, 6.45) is 2.57. The lowest BCUT2D eigenvalue weighted by atomic mass is 9.93. The van der Waals surface area contributed by atoms with Gasteiger partial charge in [0.1, 0.15) is 5.75 Å². The number of aliphatic hydroxyl groups excluding tert-OH is 1. The van der Waals surface area contributed by atoms with Crippen LogP contribution in [0.1, 0.15) is 16.7 Å². The highest BCUT2D eigenvalue weighted by atomic mass is 16.3. The van der Waals surface area contributed by atoms with Crippen LogP contribution >= 0.6 is 0 Å². The Hall–Kier alpha value is -3.00. The average Bonchev–Trinajstić information content (AvgIpc) is 2.55. The van der Waals surface area contributed by atoms with Crippen molar-refractivity contribution in [2.75, 3.05) is 0 Å². The van der Waals surface area contributed by atoms with Gasteiger partial charge in [0.2, 0.25) is 0 Å². The van der Waals surface area contributed by atoms with Crippen LogP contribution in [0.25, 0.3) is 28.3 Å². The van der Waals surface area contributed by atoms with Gasteiger partial charge in [-0.05, 0) is 65.4 Å². The van der Waals surface area contributed by atoms with Crippen LogP contribution in [0.3, 0.4) is 0 Å². The third-order valence-corrected chi connectivity index (χ3v) is 4.16. The number of aromatic hydroxyl groups is 1. The second kappa shape index (κ2) is 6.63. The van der Waals surface area contributed by atoms with E-state index in [1.165, 1.54) is 22.3 Å². The van der Waals surface area contributed by atoms with Crippen molar-refractivity contribution in [2.24, 2.45) is 0 Å². The summed E-state index contributed by atoms with van der Waals surface area (Å²) in [6, 6.07) is 20.0. The third-order valence-electron chi connectivity index (χ3n) is 4.16. The molecule has 0 saturated heterocycles. The molecule has 0 unspecified atom stereocenters. The van der Waals surface area contributed by atoms with Crippen LogP contribution < -0.4 is 0 Å². The van der Waals surface area contributed by atoms with E-state index in [0.717, 1.165) is 23.0 Å². The van der Waals surface area contributed by atoms with Crippen molar-refractivity contribution in [3.8, 4) is 28.0 Å². The monoisotopic (exact) mass is 316 g/mol. The Morgan fingerprint density at radius 3 is 2.25 bits per heavy atom. The molecule has 2 N–H and O–H groups in total. The highest BCUT2D eigenvalue weighted by Gasteiger charge is 2.08. The van der Waals surface area contributed by atoms with E-state index < -0.39 is 0 Å². The quantitative estimate of drug-likeness (QED) is 0.593. The van der Waals surface area contributed by atoms with Crippen LogP contribution in [0.4, 0.5) is 0 Å². The smallest absolute Gasteiger partial charge is 0.116 e. The number of hydrogen-bond acceptors (Lipinski definition) is 2. The van der Waals surface area contributed by atoms with Crippen LogP contribution in [-0.2, 0) is 0 Å². The molecular weight excluding hydrogens is 296 g/mol. The zero-order valence-corrected chi connectivity index (χ0v) is 13.8. The Labute approximate surface area is 142 Å². The Morgan fingerprint density at radius 2 is 1.54 bits per heavy atom. The maximum absolute atomic E-state index is 9.67. The number of hydrogen-bond donors (Lipinski definition) is 2. The van der Waals surface area contributed by atoms with Crippen molar-refractivity contribution in [2.45, 2.75) is 13.8 Å². The van der Waals surface area contributed by atoms with Crippen molar-refractivity contribution in [3.05, 3.63) is 83.6 Å². The van der Waals surface area contributed by atoms with Gasteiger partial charge in [0.15, 0.2) is 0 Å². The predicted molar refractivity (Wildman–Crippen MR) is 100 cm³/mol. The van der Waals surface area contributed by atoms with Crippen molar-refractivity contribution in [3.63, 3.8) is 0 Å². The molecule has 2 nitrogen and oxygen atoms in total. The van der Waals surface area contributed by atoms with Crippen LogP contribution in [-0.4, -0.2) is 10.2 Å². The number of phenols is 1. The lowest BCUT2D eigenvalue weighted by Gasteiger charge is -2.12. The first kappa shape index (κ1) is 15.9. The summed E-state index contributed by atoms with van der Waals surface area (Å²) in [5.74, 6) is 0.181. The zero-order chi connectivity index (χ0) is 17.1. The van der Waals surface area contributed by atoms with Gasteiger partial charge >= 0.3 is 0 Å². The van der Waals surface area contributed by atoms with E-state index >= 15 is 0 Å². The molecule has 120 valence electrons. The number of phenolic OH excluding ortho intramolecular Hbond substituents is 1. The van der Waals surface area contributed by atoms with E-state index in [1.54, 1.807) is 18.2 Å². The molecule has 0 aliphatic heterocycles. The number of rotatable bonds is 3. The number of aryl methyl sites for hydroxylation is 2. The lowest BCUT2D eigenvalue weighted by Crippen LogP contribution is -1.88. The molecule has 0 saturated carbocycles. The van der Waals surface area contributed by atoms with Gasteiger partial charge in [-0.25, -0.2) is 0 Å². The minimum atomic E-state index is 0.181. The molecule has 0 aliphatic carbocycles. The van der Waals surface area contributed by atoms with E-state index in [0.29, 0.717) is 0 Å². The molecule has 2 heteroatoms. The van der Waals surface area contributed by atoms with Gasteiger partial charge < -0.3 is 10.2 Å². The van der Waals surface area contributed by atoms with Crippen molar-refractivity contribution >= 4 is 6.08 Å². The first-order chi connectivity index (χ1) is 11.6. The fourth-order valence-corrected chi connectivity index (χ4v) is 3.00. The molecule has 24 heavy (non-hydrogen) atoms. The molecular formula is C22H20O2. The summed E-state index contributed by atoms with van der Waals surface area (Å²) >= 11 is 0.